The zero-order chi connectivity index (χ0) is 31.8. The van der Waals surface area contributed by atoms with Gasteiger partial charge in [-0.2, -0.15) is 5.10 Å². The van der Waals surface area contributed by atoms with Crippen molar-refractivity contribution in [3.63, 3.8) is 0 Å². The number of hydrogen-bond acceptors (Lipinski definition) is 6. The maximum absolute atomic E-state index is 14.0. The van der Waals surface area contributed by atoms with Crippen molar-refractivity contribution in [1.82, 2.24) is 30.2 Å². The van der Waals surface area contributed by atoms with Crippen molar-refractivity contribution in [3.8, 4) is 5.69 Å². The Kier molecular flexibility index (Phi) is 7.34. The van der Waals surface area contributed by atoms with Crippen molar-refractivity contribution in [1.29, 1.82) is 0 Å². The van der Waals surface area contributed by atoms with Gasteiger partial charge in [-0.3, -0.25) is 14.6 Å². The molecule has 0 bridgehead atoms. The smallest absolute Gasteiger partial charge is 0.321 e. The lowest BCUT2D eigenvalue weighted by molar-refractivity contribution is -0.142. The van der Waals surface area contributed by atoms with E-state index in [9.17, 15) is 14.3 Å². The third-order valence-corrected chi connectivity index (χ3v) is 12.2. The second-order valence-corrected chi connectivity index (χ2v) is 16.0. The number of nitrogens with zero attached hydrogens (tertiary/aromatic N) is 4. The molecule has 4 saturated carbocycles. The number of carbonyl (C=O) groups is 1. The van der Waals surface area contributed by atoms with E-state index in [4.69, 9.17) is 5.10 Å². The van der Waals surface area contributed by atoms with Crippen molar-refractivity contribution in [2.24, 2.45) is 10.8 Å². The van der Waals surface area contributed by atoms with Crippen molar-refractivity contribution in [3.05, 3.63) is 83.2 Å². The highest BCUT2D eigenvalue weighted by molar-refractivity contribution is 5.74. The molecule has 4 aliphatic carbocycles. The highest BCUT2D eigenvalue weighted by Gasteiger charge is 2.50. The number of aliphatic carboxylic acids is 1. The predicted molar refractivity (Wildman–Crippen MR) is 178 cm³/mol. The molecular weight excluding hydrogens is 591 g/mol. The minimum Gasteiger partial charge on any atom is -0.480 e. The number of fused-ring (bicyclic) bond motifs is 1. The van der Waals surface area contributed by atoms with Crippen LogP contribution in [0.4, 0.5) is 4.39 Å². The van der Waals surface area contributed by atoms with Gasteiger partial charge in [0.25, 0.3) is 0 Å². The predicted octanol–water partition coefficient (Wildman–Crippen LogP) is 4.84. The van der Waals surface area contributed by atoms with E-state index in [-0.39, 0.29) is 18.4 Å². The van der Waals surface area contributed by atoms with Gasteiger partial charge in [-0.05, 0) is 72.6 Å². The van der Waals surface area contributed by atoms with Crippen LogP contribution >= 0.6 is 0 Å². The first-order valence-electron chi connectivity index (χ1n) is 17.9. The largest absolute Gasteiger partial charge is 0.480 e. The van der Waals surface area contributed by atoms with Crippen molar-refractivity contribution in [2.75, 3.05) is 32.7 Å². The van der Waals surface area contributed by atoms with E-state index in [2.05, 4.69) is 81.0 Å². The zero-order valence-electron chi connectivity index (χ0n) is 27.2. The van der Waals surface area contributed by atoms with Crippen LogP contribution in [0.5, 0.6) is 0 Å². The molecule has 8 nitrogen and oxygen atoms in total. The number of carboxylic acids is 1. The lowest BCUT2D eigenvalue weighted by Gasteiger charge is -2.26. The highest BCUT2D eigenvalue weighted by Crippen LogP contribution is 2.50. The second-order valence-electron chi connectivity index (χ2n) is 16.0. The normalized spacial score (nSPS) is 31.5. The van der Waals surface area contributed by atoms with Crippen LogP contribution in [-0.4, -0.2) is 87.7 Å². The van der Waals surface area contributed by atoms with Crippen LogP contribution < -0.4 is 10.6 Å². The number of likely N-dealkylation sites (tertiary alicyclic amines) is 1. The van der Waals surface area contributed by atoms with E-state index in [1.807, 2.05) is 4.90 Å². The third kappa shape index (κ3) is 6.16. The summed E-state index contributed by atoms with van der Waals surface area (Å²) in [5.41, 5.74) is 7.16. The molecule has 6 atom stereocenters. The Bertz CT molecular complexity index is 1640. The number of hydrogen-bond donors (Lipinski definition) is 3. The van der Waals surface area contributed by atoms with Gasteiger partial charge >= 0.3 is 5.97 Å². The molecule has 9 rings (SSSR count). The second kappa shape index (κ2) is 11.5. The first kappa shape index (κ1) is 30.0. The molecular formula is C38H47FN6O2. The average Bonchev–Trinajstić information content (AvgIpc) is 3.96. The molecule has 3 heterocycles. The standard InChI is InChI=1S/C38H47FN6O2/c39-28-14-34(36(46)47)44(19-28)24-38(11-12-38)22-41-33-16-31(33)26-7-4-8-29(13-26)45-35-20-43(18-27(35)17-42-45)23-37(9-10-37)21-40-32-15-30(32)25-5-2-1-3-6-25/h1-8,13,17,28,30-34,40-41H,9-12,14-16,18-24H2,(H,46,47)/t28-,30?,31+,32+,33-,34+/m1/s1. The average molecular weight is 639 g/mol. The van der Waals surface area contributed by atoms with Crippen LogP contribution in [0.1, 0.15) is 79.2 Å². The summed E-state index contributed by atoms with van der Waals surface area (Å²) in [6.45, 7) is 6.02. The van der Waals surface area contributed by atoms with E-state index < -0.39 is 18.2 Å². The number of aromatic nitrogens is 2. The van der Waals surface area contributed by atoms with Gasteiger partial charge < -0.3 is 15.7 Å². The molecule has 47 heavy (non-hydrogen) atoms. The van der Waals surface area contributed by atoms with Crippen LogP contribution in [0.25, 0.3) is 5.69 Å². The van der Waals surface area contributed by atoms with Gasteiger partial charge in [0, 0.05) is 81.7 Å². The molecule has 1 unspecified atom stereocenters. The molecule has 248 valence electrons. The Morgan fingerprint density at radius 2 is 1.55 bits per heavy atom. The van der Waals surface area contributed by atoms with E-state index >= 15 is 0 Å². The third-order valence-electron chi connectivity index (χ3n) is 12.2. The van der Waals surface area contributed by atoms with E-state index in [1.54, 1.807) is 0 Å². The van der Waals surface area contributed by atoms with Crippen LogP contribution in [0.15, 0.2) is 60.8 Å². The highest BCUT2D eigenvalue weighted by atomic mass is 19.1. The zero-order valence-corrected chi connectivity index (χ0v) is 27.2. The van der Waals surface area contributed by atoms with Crippen LogP contribution in [0.3, 0.4) is 0 Å². The van der Waals surface area contributed by atoms with Gasteiger partial charge in [0.1, 0.15) is 12.2 Å². The number of benzene rings is 2. The van der Waals surface area contributed by atoms with Crippen LogP contribution in [0.2, 0.25) is 0 Å². The Hall–Kier alpha value is -3.11. The molecule has 1 aromatic heterocycles. The summed E-state index contributed by atoms with van der Waals surface area (Å²) in [7, 11) is 0. The molecule has 2 aromatic carbocycles. The molecule has 0 radical (unpaired) electrons. The van der Waals surface area contributed by atoms with Gasteiger partial charge in [-0.1, -0.05) is 42.5 Å². The summed E-state index contributed by atoms with van der Waals surface area (Å²) in [6.07, 6.45) is 8.34. The number of carboxylic acid groups (broad SMARTS) is 1. The molecule has 3 N–H and O–H groups in total. The number of nitrogens with one attached hydrogen (secondary N) is 2. The number of alkyl halides is 1. The Balaban J connectivity index is 0.777. The van der Waals surface area contributed by atoms with Gasteiger partial charge in [-0.15, -0.1) is 0 Å². The monoisotopic (exact) mass is 638 g/mol. The lowest BCUT2D eigenvalue weighted by Crippen LogP contribution is -2.42. The molecule has 2 aliphatic heterocycles. The Morgan fingerprint density at radius 1 is 0.872 bits per heavy atom. The maximum Gasteiger partial charge on any atom is 0.321 e. The number of halogens is 1. The summed E-state index contributed by atoms with van der Waals surface area (Å²) < 4.78 is 16.2. The summed E-state index contributed by atoms with van der Waals surface area (Å²) in [5.74, 6) is 0.272. The summed E-state index contributed by atoms with van der Waals surface area (Å²) in [6, 6.07) is 20.3. The van der Waals surface area contributed by atoms with E-state index in [0.29, 0.717) is 35.9 Å². The fourth-order valence-electron chi connectivity index (χ4n) is 8.73. The first-order chi connectivity index (χ1) is 22.9. The van der Waals surface area contributed by atoms with E-state index in [0.717, 1.165) is 57.7 Å². The Labute approximate surface area is 276 Å². The lowest BCUT2D eigenvalue weighted by atomic mass is 10.1. The van der Waals surface area contributed by atoms with Crippen molar-refractivity contribution < 1.29 is 14.3 Å². The van der Waals surface area contributed by atoms with Crippen LogP contribution in [0, 0.1) is 10.8 Å². The van der Waals surface area contributed by atoms with Crippen molar-refractivity contribution in [2.45, 2.75) is 94.2 Å². The fraction of sp³-hybridized carbons (Fsp3) is 0.579. The Morgan fingerprint density at radius 3 is 2.26 bits per heavy atom. The van der Waals surface area contributed by atoms with Crippen LogP contribution in [-0.2, 0) is 17.9 Å². The molecule has 1 saturated heterocycles. The SMILES string of the molecule is O=C(O)[C@@H]1C[C@@H](F)CN1CC1(CN[C@@H]2C[C@H]2c2cccc(-n3ncc4c3CN(CC3(CN[C@H]5CC5c5ccccc5)CC3)C4)c2)CC1. The summed E-state index contributed by atoms with van der Waals surface area (Å²) >= 11 is 0. The molecule has 5 fully saturated rings. The van der Waals surface area contributed by atoms with Gasteiger partial charge in [0.05, 0.1) is 17.6 Å². The molecule has 9 heteroatoms. The van der Waals surface area contributed by atoms with Crippen molar-refractivity contribution >= 4 is 5.97 Å². The summed E-state index contributed by atoms with van der Waals surface area (Å²) in [4.78, 5) is 16.1. The molecule has 0 amide bonds. The fourth-order valence-corrected chi connectivity index (χ4v) is 8.73. The number of rotatable bonds is 14. The minimum absolute atomic E-state index is 0.0891. The first-order valence-corrected chi connectivity index (χ1v) is 17.9. The van der Waals surface area contributed by atoms with Gasteiger partial charge in [-0.25, -0.2) is 9.07 Å². The van der Waals surface area contributed by atoms with Gasteiger partial charge in [0.15, 0.2) is 0 Å². The molecule has 6 aliphatic rings. The quantitative estimate of drug-likeness (QED) is 0.233. The maximum atomic E-state index is 14.0. The summed E-state index contributed by atoms with van der Waals surface area (Å²) in [5, 5.41) is 22.1. The topological polar surface area (TPSA) is 85.7 Å². The van der Waals surface area contributed by atoms with E-state index in [1.165, 1.54) is 41.6 Å². The minimum atomic E-state index is -1.03. The molecule has 3 aromatic rings. The van der Waals surface area contributed by atoms with Gasteiger partial charge in [0.2, 0.25) is 0 Å². The molecule has 0 spiro atoms.